The van der Waals surface area contributed by atoms with E-state index in [-0.39, 0.29) is 19.0 Å². The second kappa shape index (κ2) is 8.43. The molecule has 1 N–H and O–H groups in total. The molecule has 1 heterocycles. The van der Waals surface area contributed by atoms with E-state index >= 15 is 0 Å². The highest BCUT2D eigenvalue weighted by Crippen LogP contribution is 2.26. The molecular formula is C20H20F3N3O2. The number of halogens is 3. The lowest BCUT2D eigenvalue weighted by molar-refractivity contribution is -0.121. The van der Waals surface area contributed by atoms with Gasteiger partial charge in [-0.15, -0.1) is 0 Å². The van der Waals surface area contributed by atoms with Crippen LogP contribution in [0.5, 0.6) is 0 Å². The molecule has 2 aromatic rings. The fourth-order valence-corrected chi connectivity index (χ4v) is 3.22. The van der Waals surface area contributed by atoms with Crippen LogP contribution in [0.25, 0.3) is 0 Å². The molecule has 28 heavy (non-hydrogen) atoms. The van der Waals surface area contributed by atoms with Crippen LogP contribution in [0.3, 0.4) is 0 Å². The van der Waals surface area contributed by atoms with Crippen molar-refractivity contribution < 1.29 is 22.8 Å². The summed E-state index contributed by atoms with van der Waals surface area (Å²) in [5.74, 6) is -5.23. The van der Waals surface area contributed by atoms with E-state index in [2.05, 4.69) is 5.32 Å². The number of anilines is 2. The SMILES string of the molecule is CN(CC(=O)Nc1ccc(F)c(F)c1F)CC(=O)N1CCCc2ccccc21. The summed E-state index contributed by atoms with van der Waals surface area (Å²) < 4.78 is 39.8. The highest BCUT2D eigenvalue weighted by Gasteiger charge is 2.23. The minimum Gasteiger partial charge on any atom is -0.322 e. The van der Waals surface area contributed by atoms with E-state index in [4.69, 9.17) is 0 Å². The summed E-state index contributed by atoms with van der Waals surface area (Å²) in [6, 6.07) is 9.36. The molecule has 0 bridgehead atoms. The molecule has 0 unspecified atom stereocenters. The fraction of sp³-hybridized carbons (Fsp3) is 0.300. The quantitative estimate of drug-likeness (QED) is 0.798. The van der Waals surface area contributed by atoms with Crippen LogP contribution in [-0.4, -0.2) is 43.4 Å². The summed E-state index contributed by atoms with van der Waals surface area (Å²) in [7, 11) is 1.58. The maximum atomic E-state index is 13.6. The number of benzene rings is 2. The standard InChI is InChI=1S/C20H20F3N3O2/c1-25(11-17(27)24-15-9-8-14(21)19(22)20(15)23)12-18(28)26-10-4-6-13-5-2-3-7-16(13)26/h2-3,5,7-9H,4,6,10-12H2,1H3,(H,24,27). The molecule has 0 saturated heterocycles. The maximum Gasteiger partial charge on any atom is 0.241 e. The van der Waals surface area contributed by atoms with E-state index in [1.54, 1.807) is 11.9 Å². The summed E-state index contributed by atoms with van der Waals surface area (Å²) in [6.45, 7) is 0.387. The smallest absolute Gasteiger partial charge is 0.241 e. The molecule has 0 saturated carbocycles. The zero-order valence-electron chi connectivity index (χ0n) is 15.3. The number of rotatable bonds is 5. The number of carbonyl (C=O) groups excluding carboxylic acids is 2. The van der Waals surface area contributed by atoms with E-state index in [1.807, 2.05) is 24.3 Å². The fourth-order valence-electron chi connectivity index (χ4n) is 3.22. The first kappa shape index (κ1) is 19.9. The Balaban J connectivity index is 1.58. The lowest BCUT2D eigenvalue weighted by Gasteiger charge is -2.30. The zero-order chi connectivity index (χ0) is 20.3. The van der Waals surface area contributed by atoms with Gasteiger partial charge in [0.2, 0.25) is 11.8 Å². The molecule has 2 amide bonds. The largest absolute Gasteiger partial charge is 0.322 e. The topological polar surface area (TPSA) is 52.7 Å². The lowest BCUT2D eigenvalue weighted by atomic mass is 10.0. The highest BCUT2D eigenvalue weighted by atomic mass is 19.2. The molecule has 0 fully saturated rings. The van der Waals surface area contributed by atoms with Crippen molar-refractivity contribution in [3.63, 3.8) is 0 Å². The number of amides is 2. The summed E-state index contributed by atoms with van der Waals surface area (Å²) in [6.07, 6.45) is 1.78. The van der Waals surface area contributed by atoms with E-state index in [9.17, 15) is 22.8 Å². The van der Waals surface area contributed by atoms with Gasteiger partial charge in [0.25, 0.3) is 0 Å². The Kier molecular flexibility index (Phi) is 5.99. The van der Waals surface area contributed by atoms with E-state index in [0.29, 0.717) is 6.54 Å². The van der Waals surface area contributed by atoms with E-state index in [0.717, 1.165) is 36.2 Å². The predicted molar refractivity (Wildman–Crippen MR) is 99.6 cm³/mol. The molecule has 5 nitrogen and oxygen atoms in total. The summed E-state index contributed by atoms with van der Waals surface area (Å²) in [4.78, 5) is 27.9. The molecule has 0 spiro atoms. The van der Waals surface area contributed by atoms with Crippen LogP contribution in [0.2, 0.25) is 0 Å². The van der Waals surface area contributed by atoms with Crippen molar-refractivity contribution in [3.8, 4) is 0 Å². The average molecular weight is 391 g/mol. The number of nitrogens with one attached hydrogen (secondary N) is 1. The number of aryl methyl sites for hydroxylation is 1. The van der Waals surface area contributed by atoms with Crippen molar-refractivity contribution in [2.45, 2.75) is 12.8 Å². The minimum absolute atomic E-state index is 0.0119. The third-order valence-electron chi connectivity index (χ3n) is 4.54. The molecule has 1 aliphatic heterocycles. The van der Waals surface area contributed by atoms with E-state index < -0.39 is 29.0 Å². The number of fused-ring (bicyclic) bond motifs is 1. The number of hydrogen-bond donors (Lipinski definition) is 1. The minimum atomic E-state index is -1.65. The van der Waals surface area contributed by atoms with Crippen molar-refractivity contribution in [1.29, 1.82) is 0 Å². The zero-order valence-corrected chi connectivity index (χ0v) is 15.3. The van der Waals surface area contributed by atoms with Crippen molar-refractivity contribution in [2.24, 2.45) is 0 Å². The van der Waals surface area contributed by atoms with Crippen molar-refractivity contribution in [1.82, 2.24) is 4.90 Å². The Morgan fingerprint density at radius 2 is 1.82 bits per heavy atom. The van der Waals surface area contributed by atoms with Crippen molar-refractivity contribution in [2.75, 3.05) is 36.9 Å². The summed E-state index contributed by atoms with van der Waals surface area (Å²) in [5, 5.41) is 2.19. The van der Waals surface area contributed by atoms with Crippen LogP contribution in [-0.2, 0) is 16.0 Å². The van der Waals surface area contributed by atoms with Gasteiger partial charge in [0.05, 0.1) is 18.8 Å². The monoisotopic (exact) mass is 391 g/mol. The lowest BCUT2D eigenvalue weighted by Crippen LogP contribution is -2.43. The highest BCUT2D eigenvalue weighted by molar-refractivity contribution is 5.97. The number of para-hydroxylation sites is 1. The van der Waals surface area contributed by atoms with Gasteiger partial charge in [-0.05, 0) is 43.7 Å². The molecule has 0 aromatic heterocycles. The number of hydrogen-bond acceptors (Lipinski definition) is 3. The Morgan fingerprint density at radius 3 is 2.61 bits per heavy atom. The van der Waals surface area contributed by atoms with Crippen LogP contribution in [0.1, 0.15) is 12.0 Å². The Hall–Kier alpha value is -2.87. The van der Waals surface area contributed by atoms with Crippen LogP contribution < -0.4 is 10.2 Å². The van der Waals surface area contributed by atoms with Crippen LogP contribution in [0.4, 0.5) is 24.5 Å². The predicted octanol–water partition coefficient (Wildman–Crippen LogP) is 2.95. The van der Waals surface area contributed by atoms with Gasteiger partial charge >= 0.3 is 0 Å². The van der Waals surface area contributed by atoms with Crippen LogP contribution in [0.15, 0.2) is 36.4 Å². The molecule has 1 aliphatic rings. The maximum absolute atomic E-state index is 13.6. The number of likely N-dealkylation sites (N-methyl/N-ethyl adjacent to an activating group) is 1. The van der Waals surface area contributed by atoms with E-state index in [1.165, 1.54) is 4.90 Å². The van der Waals surface area contributed by atoms with Crippen LogP contribution in [0, 0.1) is 17.5 Å². The third-order valence-corrected chi connectivity index (χ3v) is 4.54. The normalized spacial score (nSPS) is 13.4. The second-order valence-electron chi connectivity index (χ2n) is 6.72. The molecule has 0 radical (unpaired) electrons. The molecular weight excluding hydrogens is 371 g/mol. The van der Waals surface area contributed by atoms with Gasteiger partial charge in [-0.1, -0.05) is 18.2 Å². The van der Waals surface area contributed by atoms with Crippen molar-refractivity contribution in [3.05, 3.63) is 59.4 Å². The van der Waals surface area contributed by atoms with Gasteiger partial charge in [0.15, 0.2) is 17.5 Å². The molecule has 0 atom stereocenters. The molecule has 2 aromatic carbocycles. The van der Waals surface area contributed by atoms with Gasteiger partial charge in [-0.2, -0.15) is 0 Å². The Morgan fingerprint density at radius 1 is 1.07 bits per heavy atom. The summed E-state index contributed by atoms with van der Waals surface area (Å²) in [5.41, 5.74) is 1.53. The van der Waals surface area contributed by atoms with Crippen LogP contribution >= 0.6 is 0 Å². The Labute approximate surface area is 160 Å². The average Bonchev–Trinajstić information content (AvgIpc) is 2.67. The van der Waals surface area contributed by atoms with Crippen molar-refractivity contribution >= 4 is 23.2 Å². The number of carbonyl (C=O) groups is 2. The molecule has 3 rings (SSSR count). The van der Waals surface area contributed by atoms with Gasteiger partial charge < -0.3 is 10.2 Å². The summed E-state index contributed by atoms with van der Waals surface area (Å²) >= 11 is 0. The first-order valence-corrected chi connectivity index (χ1v) is 8.87. The Bertz CT molecular complexity index is 904. The van der Waals surface area contributed by atoms with Gasteiger partial charge in [0, 0.05) is 12.2 Å². The first-order valence-electron chi connectivity index (χ1n) is 8.87. The second-order valence-corrected chi connectivity index (χ2v) is 6.72. The molecule has 8 heteroatoms. The van der Waals surface area contributed by atoms with Gasteiger partial charge in [-0.25, -0.2) is 13.2 Å². The number of nitrogens with zero attached hydrogens (tertiary/aromatic N) is 2. The molecule has 148 valence electrons. The first-order chi connectivity index (χ1) is 13.4. The van der Waals surface area contributed by atoms with Gasteiger partial charge in [-0.3, -0.25) is 14.5 Å². The third kappa shape index (κ3) is 4.33. The van der Waals surface area contributed by atoms with Gasteiger partial charge in [0.1, 0.15) is 0 Å². The molecule has 0 aliphatic carbocycles.